The summed E-state index contributed by atoms with van der Waals surface area (Å²) in [6.07, 6.45) is 3.42. The highest BCUT2D eigenvalue weighted by molar-refractivity contribution is 5.95. The van der Waals surface area contributed by atoms with Crippen molar-refractivity contribution >= 4 is 17.5 Å². The van der Waals surface area contributed by atoms with E-state index >= 15 is 0 Å². The average Bonchev–Trinajstić information content (AvgIpc) is 2.88. The van der Waals surface area contributed by atoms with E-state index in [1.54, 1.807) is 42.6 Å². The number of methoxy groups -OCH3 is 1. The molecule has 0 atom stereocenters. The van der Waals surface area contributed by atoms with E-state index in [2.05, 4.69) is 15.2 Å². The third-order valence-corrected chi connectivity index (χ3v) is 5.64. The van der Waals surface area contributed by atoms with Gasteiger partial charge >= 0.3 is 0 Å². The Hall–Kier alpha value is -3.91. The molecule has 8 nitrogen and oxygen atoms in total. The summed E-state index contributed by atoms with van der Waals surface area (Å²) in [7, 11) is 1.57. The van der Waals surface area contributed by atoms with Gasteiger partial charge in [0.25, 0.3) is 5.91 Å². The molecule has 1 saturated heterocycles. The van der Waals surface area contributed by atoms with Crippen molar-refractivity contribution in [1.82, 2.24) is 14.8 Å². The van der Waals surface area contributed by atoms with Gasteiger partial charge in [-0.2, -0.15) is 0 Å². The number of rotatable bonds is 8. The molecule has 4 rings (SSSR count). The van der Waals surface area contributed by atoms with Gasteiger partial charge < -0.3 is 19.7 Å². The van der Waals surface area contributed by atoms with Gasteiger partial charge in [-0.15, -0.1) is 0 Å². The summed E-state index contributed by atoms with van der Waals surface area (Å²) < 4.78 is 11.3. The first kappa shape index (κ1) is 23.3. The first-order valence-electron chi connectivity index (χ1n) is 11.2. The maximum absolute atomic E-state index is 13.1. The molecule has 1 aliphatic heterocycles. The lowest BCUT2D eigenvalue weighted by atomic mass is 10.1. The molecular weight excluding hydrogens is 432 g/mol. The molecule has 1 aromatic heterocycles. The molecule has 1 aliphatic rings. The SMILES string of the molecule is COc1ccc(C(=O)N2CCN(CC(=O)Nc3ccccc3)CC2)cc1OCc1ccncc1. The number of carbonyl (C=O) groups is 2. The van der Waals surface area contributed by atoms with Crippen LogP contribution in [0.1, 0.15) is 15.9 Å². The molecular formula is C26H28N4O4. The van der Waals surface area contributed by atoms with E-state index in [0.717, 1.165) is 11.3 Å². The maximum atomic E-state index is 13.1. The van der Waals surface area contributed by atoms with Crippen LogP contribution in [0, 0.1) is 0 Å². The smallest absolute Gasteiger partial charge is 0.254 e. The largest absolute Gasteiger partial charge is 0.493 e. The summed E-state index contributed by atoms with van der Waals surface area (Å²) in [4.78, 5) is 33.3. The first-order valence-corrected chi connectivity index (χ1v) is 11.2. The van der Waals surface area contributed by atoms with Crippen LogP contribution >= 0.6 is 0 Å². The van der Waals surface area contributed by atoms with Gasteiger partial charge in [-0.25, -0.2) is 0 Å². The minimum absolute atomic E-state index is 0.0582. The van der Waals surface area contributed by atoms with Gasteiger partial charge in [0.1, 0.15) is 6.61 Å². The molecule has 3 aromatic rings. The van der Waals surface area contributed by atoms with Crippen molar-refractivity contribution in [2.24, 2.45) is 0 Å². The van der Waals surface area contributed by atoms with Gasteiger partial charge in [0, 0.05) is 49.8 Å². The van der Waals surface area contributed by atoms with E-state index in [-0.39, 0.29) is 11.8 Å². The van der Waals surface area contributed by atoms with Gasteiger partial charge in [-0.1, -0.05) is 18.2 Å². The number of para-hydroxylation sites is 1. The zero-order valence-electron chi connectivity index (χ0n) is 19.1. The summed E-state index contributed by atoms with van der Waals surface area (Å²) in [5.41, 5.74) is 2.30. The molecule has 1 N–H and O–H groups in total. The maximum Gasteiger partial charge on any atom is 0.254 e. The molecule has 0 radical (unpaired) electrons. The fraction of sp³-hybridized carbons (Fsp3) is 0.269. The number of pyridine rings is 1. The summed E-state index contributed by atoms with van der Waals surface area (Å²) >= 11 is 0. The molecule has 176 valence electrons. The third-order valence-electron chi connectivity index (χ3n) is 5.64. The number of nitrogens with zero attached hydrogens (tertiary/aromatic N) is 3. The lowest BCUT2D eigenvalue weighted by Gasteiger charge is -2.34. The van der Waals surface area contributed by atoms with Crippen LogP contribution in [-0.4, -0.2) is 66.4 Å². The quantitative estimate of drug-likeness (QED) is 0.556. The number of carbonyl (C=O) groups excluding carboxylic acids is 2. The number of aromatic nitrogens is 1. The zero-order valence-corrected chi connectivity index (χ0v) is 19.1. The Labute approximate surface area is 199 Å². The number of amides is 2. The van der Waals surface area contributed by atoms with Crippen LogP contribution in [0.3, 0.4) is 0 Å². The number of anilines is 1. The normalized spacial score (nSPS) is 13.9. The Morgan fingerprint density at radius 3 is 2.38 bits per heavy atom. The molecule has 8 heteroatoms. The van der Waals surface area contributed by atoms with Crippen molar-refractivity contribution < 1.29 is 19.1 Å². The molecule has 0 spiro atoms. The number of hydrogen-bond acceptors (Lipinski definition) is 6. The van der Waals surface area contributed by atoms with Crippen molar-refractivity contribution in [2.75, 3.05) is 45.2 Å². The average molecular weight is 461 g/mol. The minimum atomic E-state index is -0.0650. The number of piperazine rings is 1. The second kappa shape index (κ2) is 11.3. The van der Waals surface area contributed by atoms with E-state index < -0.39 is 0 Å². The van der Waals surface area contributed by atoms with Crippen molar-refractivity contribution in [3.05, 3.63) is 84.2 Å². The summed E-state index contributed by atoms with van der Waals surface area (Å²) in [6, 6.07) is 18.4. The molecule has 0 aliphatic carbocycles. The van der Waals surface area contributed by atoms with Gasteiger partial charge in [-0.05, 0) is 48.0 Å². The molecule has 0 saturated carbocycles. The molecule has 2 heterocycles. The second-order valence-corrected chi connectivity index (χ2v) is 7.99. The van der Waals surface area contributed by atoms with Crippen LogP contribution < -0.4 is 14.8 Å². The van der Waals surface area contributed by atoms with Gasteiger partial charge in [0.05, 0.1) is 13.7 Å². The monoisotopic (exact) mass is 460 g/mol. The first-order chi connectivity index (χ1) is 16.6. The van der Waals surface area contributed by atoms with E-state index in [0.29, 0.717) is 56.4 Å². The Morgan fingerprint density at radius 2 is 1.68 bits per heavy atom. The van der Waals surface area contributed by atoms with Crippen LogP contribution in [-0.2, 0) is 11.4 Å². The van der Waals surface area contributed by atoms with Gasteiger partial charge in [-0.3, -0.25) is 19.5 Å². The third kappa shape index (κ3) is 6.11. The number of benzene rings is 2. The van der Waals surface area contributed by atoms with Crippen molar-refractivity contribution in [3.63, 3.8) is 0 Å². The topological polar surface area (TPSA) is 84.0 Å². The van der Waals surface area contributed by atoms with Gasteiger partial charge in [0.2, 0.25) is 5.91 Å². The zero-order chi connectivity index (χ0) is 23.8. The van der Waals surface area contributed by atoms with Crippen molar-refractivity contribution in [3.8, 4) is 11.5 Å². The summed E-state index contributed by atoms with van der Waals surface area (Å²) in [6.45, 7) is 3.02. The fourth-order valence-electron chi connectivity index (χ4n) is 3.78. The molecule has 2 aromatic carbocycles. The van der Waals surface area contributed by atoms with Gasteiger partial charge in [0.15, 0.2) is 11.5 Å². The van der Waals surface area contributed by atoms with Crippen LogP contribution in [0.4, 0.5) is 5.69 Å². The van der Waals surface area contributed by atoms with E-state index in [4.69, 9.17) is 9.47 Å². The second-order valence-electron chi connectivity index (χ2n) is 7.99. The Morgan fingerprint density at radius 1 is 0.941 bits per heavy atom. The van der Waals surface area contributed by atoms with E-state index in [1.165, 1.54) is 0 Å². The lowest BCUT2D eigenvalue weighted by molar-refractivity contribution is -0.117. The number of nitrogens with one attached hydrogen (secondary N) is 1. The van der Waals surface area contributed by atoms with E-state index in [1.807, 2.05) is 42.5 Å². The number of ether oxygens (including phenoxy) is 2. The minimum Gasteiger partial charge on any atom is -0.493 e. The number of hydrogen-bond donors (Lipinski definition) is 1. The highest BCUT2D eigenvalue weighted by Gasteiger charge is 2.24. The van der Waals surface area contributed by atoms with Crippen LogP contribution in [0.15, 0.2) is 73.1 Å². The highest BCUT2D eigenvalue weighted by atomic mass is 16.5. The Bertz CT molecular complexity index is 1100. The fourth-order valence-corrected chi connectivity index (χ4v) is 3.78. The van der Waals surface area contributed by atoms with Crippen molar-refractivity contribution in [2.45, 2.75) is 6.61 Å². The molecule has 1 fully saturated rings. The summed E-state index contributed by atoms with van der Waals surface area (Å²) in [5.74, 6) is 0.961. The molecule has 2 amide bonds. The standard InChI is InChI=1S/C26H28N4O4/c1-33-23-8-7-21(17-24(23)34-19-20-9-11-27-12-10-20)26(32)30-15-13-29(14-16-30)18-25(31)28-22-5-3-2-4-6-22/h2-12,17H,13-16,18-19H2,1H3,(H,28,31). The van der Waals surface area contributed by atoms with Crippen LogP contribution in [0.5, 0.6) is 11.5 Å². The lowest BCUT2D eigenvalue weighted by Crippen LogP contribution is -2.50. The van der Waals surface area contributed by atoms with Crippen molar-refractivity contribution in [1.29, 1.82) is 0 Å². The van der Waals surface area contributed by atoms with E-state index in [9.17, 15) is 9.59 Å². The predicted octanol–water partition coefficient (Wildman–Crippen LogP) is 3.07. The summed E-state index contributed by atoms with van der Waals surface area (Å²) in [5, 5.41) is 2.90. The highest BCUT2D eigenvalue weighted by Crippen LogP contribution is 2.29. The van der Waals surface area contributed by atoms with Crippen LogP contribution in [0.25, 0.3) is 0 Å². The Kier molecular flexibility index (Phi) is 7.72. The molecule has 34 heavy (non-hydrogen) atoms. The Balaban J connectivity index is 1.32. The molecule has 0 bridgehead atoms. The molecule has 0 unspecified atom stereocenters. The van der Waals surface area contributed by atoms with Crippen LogP contribution in [0.2, 0.25) is 0 Å². The predicted molar refractivity (Wildman–Crippen MR) is 129 cm³/mol.